The van der Waals surface area contributed by atoms with Crippen molar-refractivity contribution in [2.24, 2.45) is 0 Å². The number of hydrogen-bond donors (Lipinski definition) is 0. The summed E-state index contributed by atoms with van der Waals surface area (Å²) in [6.07, 6.45) is 4.69. The van der Waals surface area contributed by atoms with Crippen molar-refractivity contribution in [3.63, 3.8) is 0 Å². The van der Waals surface area contributed by atoms with Crippen LogP contribution in [-0.4, -0.2) is 34.5 Å². The summed E-state index contributed by atoms with van der Waals surface area (Å²) in [5, 5.41) is 0.851. The zero-order valence-electron chi connectivity index (χ0n) is 13.9. The number of nitrogens with zero attached hydrogens (tertiary/aromatic N) is 3. The highest BCUT2D eigenvalue weighted by molar-refractivity contribution is 7.98. The number of methoxy groups -OCH3 is 1. The van der Waals surface area contributed by atoms with Crippen molar-refractivity contribution in [2.75, 3.05) is 20.0 Å². The number of aromatic nitrogens is 3. The van der Waals surface area contributed by atoms with Gasteiger partial charge in [0.05, 0.1) is 21.5 Å². The molecule has 0 bridgehead atoms. The molecule has 26 heavy (non-hydrogen) atoms. The fourth-order valence-electron chi connectivity index (χ4n) is 2.38. The third-order valence-electron chi connectivity index (χ3n) is 3.53. The molecule has 0 amide bonds. The van der Waals surface area contributed by atoms with E-state index in [4.69, 9.17) is 16.3 Å². The lowest BCUT2D eigenvalue weighted by Crippen LogP contribution is -2.21. The van der Waals surface area contributed by atoms with Crippen LogP contribution in [0.3, 0.4) is 0 Å². The van der Waals surface area contributed by atoms with Gasteiger partial charge in [-0.05, 0) is 18.4 Å². The van der Waals surface area contributed by atoms with Gasteiger partial charge in [0.2, 0.25) is 0 Å². The van der Waals surface area contributed by atoms with Crippen LogP contribution in [0.2, 0.25) is 5.02 Å². The van der Waals surface area contributed by atoms with E-state index in [0.717, 1.165) is 4.57 Å². The first-order valence-corrected chi connectivity index (χ1v) is 9.05. The number of para-hydroxylation sites is 1. The minimum absolute atomic E-state index is 0.0372. The number of hydrogen-bond acceptors (Lipinski definition) is 5. The largest absolute Gasteiger partial charge is 0.372 e. The molecule has 132 valence electrons. The molecule has 0 unspecified atom stereocenters. The highest BCUT2D eigenvalue weighted by Crippen LogP contribution is 2.24. The quantitative estimate of drug-likeness (QED) is 0.391. The van der Waals surface area contributed by atoms with Crippen molar-refractivity contribution in [3.8, 4) is 17.5 Å². The highest BCUT2D eigenvalue weighted by Gasteiger charge is 2.16. The Morgan fingerprint density at radius 2 is 2.23 bits per heavy atom. The predicted molar refractivity (Wildman–Crippen MR) is 101 cm³/mol. The fourth-order valence-corrected chi connectivity index (χ4v) is 2.98. The third kappa shape index (κ3) is 3.44. The van der Waals surface area contributed by atoms with Gasteiger partial charge in [0.15, 0.2) is 5.16 Å². The summed E-state index contributed by atoms with van der Waals surface area (Å²) < 4.78 is 20.4. The zero-order valence-corrected chi connectivity index (χ0v) is 15.5. The summed E-state index contributed by atoms with van der Waals surface area (Å²) >= 11 is 7.47. The third-order valence-corrected chi connectivity index (χ3v) is 4.40. The molecule has 0 saturated heterocycles. The number of benzene rings is 1. The van der Waals surface area contributed by atoms with Gasteiger partial charge in [-0.1, -0.05) is 41.3 Å². The number of halogens is 2. The maximum absolute atomic E-state index is 14.3. The van der Waals surface area contributed by atoms with E-state index in [1.54, 1.807) is 0 Å². The molecule has 0 atom stereocenters. The molecule has 0 saturated carbocycles. The topological polar surface area (TPSA) is 57.0 Å². The van der Waals surface area contributed by atoms with Crippen LogP contribution in [0.15, 0.2) is 40.5 Å². The first-order valence-electron chi connectivity index (χ1n) is 7.45. The van der Waals surface area contributed by atoms with E-state index in [0.29, 0.717) is 16.2 Å². The molecule has 3 rings (SSSR count). The molecule has 3 aromatic rings. The van der Waals surface area contributed by atoms with Gasteiger partial charge in [-0.15, -0.1) is 0 Å². The maximum atomic E-state index is 14.3. The van der Waals surface area contributed by atoms with Crippen LogP contribution in [0.25, 0.3) is 16.6 Å². The number of fused-ring (bicyclic) bond motifs is 1. The predicted octanol–water partition coefficient (Wildman–Crippen LogP) is 3.29. The monoisotopic (exact) mass is 389 g/mol. The van der Waals surface area contributed by atoms with Gasteiger partial charge < -0.3 is 4.74 Å². The standard InChI is InChI=1S/C18H13ClFN3O2S/c1-25-8-4-5-11-10-23(16-13(19)6-3-7-14(16)20)17(24)12-9-21-18(26-2)22-15(11)12/h3,6-7,9-10H,8H2,1-2H3. The van der Waals surface area contributed by atoms with Crippen LogP contribution in [0.1, 0.15) is 5.56 Å². The Balaban J connectivity index is 2.38. The first kappa shape index (κ1) is 18.4. The Kier molecular flexibility index (Phi) is 5.57. The van der Waals surface area contributed by atoms with Crippen LogP contribution < -0.4 is 5.56 Å². The van der Waals surface area contributed by atoms with E-state index in [1.165, 1.54) is 49.5 Å². The van der Waals surface area contributed by atoms with Crippen molar-refractivity contribution >= 4 is 34.3 Å². The van der Waals surface area contributed by atoms with Crippen LogP contribution >= 0.6 is 23.4 Å². The molecule has 0 fully saturated rings. The molecular weight excluding hydrogens is 377 g/mol. The lowest BCUT2D eigenvalue weighted by atomic mass is 10.2. The lowest BCUT2D eigenvalue weighted by molar-refractivity contribution is 0.240. The molecule has 1 aromatic carbocycles. The second-order valence-electron chi connectivity index (χ2n) is 5.14. The Hall–Kier alpha value is -2.40. The summed E-state index contributed by atoms with van der Waals surface area (Å²) in [6, 6.07) is 4.22. The van der Waals surface area contributed by atoms with Crippen molar-refractivity contribution < 1.29 is 9.13 Å². The molecule has 0 aliphatic carbocycles. The zero-order chi connectivity index (χ0) is 18.7. The SMILES string of the molecule is COCC#Cc1cn(-c2c(F)cccc2Cl)c(=O)c2cnc(SC)nc12. The summed E-state index contributed by atoms with van der Waals surface area (Å²) in [5.41, 5.74) is 0.345. The van der Waals surface area contributed by atoms with Crippen LogP contribution in [0.4, 0.5) is 4.39 Å². The highest BCUT2D eigenvalue weighted by atomic mass is 35.5. The first-order chi connectivity index (χ1) is 12.6. The van der Waals surface area contributed by atoms with Gasteiger partial charge in [-0.3, -0.25) is 9.36 Å². The van der Waals surface area contributed by atoms with E-state index >= 15 is 0 Å². The Labute approximate surface area is 158 Å². The summed E-state index contributed by atoms with van der Waals surface area (Å²) in [6.45, 7) is 0.210. The van der Waals surface area contributed by atoms with Gasteiger partial charge >= 0.3 is 0 Å². The number of thioether (sulfide) groups is 1. The second kappa shape index (κ2) is 7.87. The van der Waals surface area contributed by atoms with Gasteiger partial charge in [-0.2, -0.15) is 0 Å². The molecule has 0 radical (unpaired) electrons. The summed E-state index contributed by atoms with van der Waals surface area (Å²) in [5.74, 6) is 5.13. The van der Waals surface area contributed by atoms with Crippen molar-refractivity contribution in [1.82, 2.24) is 14.5 Å². The molecule has 0 N–H and O–H groups in total. The normalized spacial score (nSPS) is 10.6. The minimum Gasteiger partial charge on any atom is -0.372 e. The van der Waals surface area contributed by atoms with E-state index in [1.807, 2.05) is 6.26 Å². The molecule has 0 spiro atoms. The number of pyridine rings is 1. The van der Waals surface area contributed by atoms with Crippen LogP contribution in [0, 0.1) is 17.7 Å². The fraction of sp³-hybridized carbons (Fsp3) is 0.167. The molecule has 2 aromatic heterocycles. The number of ether oxygens (including phenoxy) is 1. The maximum Gasteiger partial charge on any atom is 0.266 e. The van der Waals surface area contributed by atoms with E-state index in [-0.39, 0.29) is 22.7 Å². The average Bonchev–Trinajstić information content (AvgIpc) is 2.64. The summed E-state index contributed by atoms with van der Waals surface area (Å²) in [7, 11) is 1.53. The molecular formula is C18H13ClFN3O2S. The Bertz CT molecular complexity index is 1090. The van der Waals surface area contributed by atoms with Crippen molar-refractivity contribution in [1.29, 1.82) is 0 Å². The summed E-state index contributed by atoms with van der Waals surface area (Å²) in [4.78, 5) is 21.4. The Morgan fingerprint density at radius 3 is 2.92 bits per heavy atom. The molecule has 2 heterocycles. The van der Waals surface area contributed by atoms with Crippen molar-refractivity contribution in [2.45, 2.75) is 5.16 Å². The number of rotatable bonds is 3. The molecule has 0 aliphatic heterocycles. The molecule has 5 nitrogen and oxygen atoms in total. The lowest BCUT2D eigenvalue weighted by Gasteiger charge is -2.11. The van der Waals surface area contributed by atoms with E-state index in [2.05, 4.69) is 21.8 Å². The molecule has 0 aliphatic rings. The van der Waals surface area contributed by atoms with Gasteiger partial charge in [0, 0.05) is 19.5 Å². The van der Waals surface area contributed by atoms with Gasteiger partial charge in [-0.25, -0.2) is 14.4 Å². The van der Waals surface area contributed by atoms with Gasteiger partial charge in [0.25, 0.3) is 5.56 Å². The van der Waals surface area contributed by atoms with E-state index < -0.39 is 11.4 Å². The molecule has 8 heteroatoms. The Morgan fingerprint density at radius 1 is 1.42 bits per heavy atom. The van der Waals surface area contributed by atoms with Crippen LogP contribution in [0.5, 0.6) is 0 Å². The van der Waals surface area contributed by atoms with E-state index in [9.17, 15) is 9.18 Å². The average molecular weight is 390 g/mol. The minimum atomic E-state index is -0.614. The van der Waals surface area contributed by atoms with Gasteiger partial charge in [0.1, 0.15) is 18.1 Å². The van der Waals surface area contributed by atoms with Crippen LogP contribution in [-0.2, 0) is 4.74 Å². The smallest absolute Gasteiger partial charge is 0.266 e. The van der Waals surface area contributed by atoms with Crippen molar-refractivity contribution in [3.05, 3.63) is 57.3 Å². The second-order valence-corrected chi connectivity index (χ2v) is 6.32.